The molecule has 8 aromatic rings. The predicted octanol–water partition coefficient (Wildman–Crippen LogP) is 11.7. The summed E-state index contributed by atoms with van der Waals surface area (Å²) in [4.78, 5) is 2.41. The predicted molar refractivity (Wildman–Crippen MR) is 191 cm³/mol. The lowest BCUT2D eigenvalue weighted by Gasteiger charge is -2.28. The maximum absolute atomic E-state index is 2.42. The molecule has 45 heavy (non-hydrogen) atoms. The van der Waals surface area contributed by atoms with Gasteiger partial charge in [0.1, 0.15) is 0 Å². The van der Waals surface area contributed by atoms with E-state index in [2.05, 4.69) is 181 Å². The second-order valence-electron chi connectivity index (χ2n) is 12.7. The summed E-state index contributed by atoms with van der Waals surface area (Å²) in [6.07, 6.45) is 0. The molecule has 1 heterocycles. The molecule has 0 N–H and O–H groups in total. The number of benzene rings is 7. The molecule has 2 heteroatoms. The molecule has 1 aliphatic rings. The zero-order valence-electron chi connectivity index (χ0n) is 25.4. The van der Waals surface area contributed by atoms with E-state index >= 15 is 0 Å². The molecule has 0 aliphatic heterocycles. The SMILES string of the molecule is CC1(C)c2cc(N(c3ccccc3)c3ccc4c5ccccc5n(-c5ccccc5)c4c3)ccc2-c2cc3ccccc3cc21. The van der Waals surface area contributed by atoms with Gasteiger partial charge in [0.05, 0.1) is 11.0 Å². The fourth-order valence-electron chi connectivity index (χ4n) is 7.53. The Balaban J connectivity index is 1.26. The molecule has 2 nitrogen and oxygen atoms in total. The van der Waals surface area contributed by atoms with E-state index in [1.165, 1.54) is 54.8 Å². The molecule has 0 atom stereocenters. The van der Waals surface area contributed by atoms with E-state index in [1.807, 2.05) is 0 Å². The van der Waals surface area contributed by atoms with Crippen LogP contribution in [0.25, 0.3) is 49.4 Å². The molecule has 0 unspecified atom stereocenters. The van der Waals surface area contributed by atoms with Gasteiger partial charge in [0.2, 0.25) is 0 Å². The molecule has 0 saturated carbocycles. The third-order valence-electron chi connectivity index (χ3n) is 9.73. The van der Waals surface area contributed by atoms with Crippen LogP contribution in [0.1, 0.15) is 25.0 Å². The van der Waals surface area contributed by atoms with Gasteiger partial charge in [-0.2, -0.15) is 0 Å². The summed E-state index contributed by atoms with van der Waals surface area (Å²) < 4.78 is 2.39. The van der Waals surface area contributed by atoms with Crippen molar-refractivity contribution in [1.29, 1.82) is 0 Å². The molecule has 1 aromatic heterocycles. The molecule has 214 valence electrons. The highest BCUT2D eigenvalue weighted by molar-refractivity contribution is 6.10. The molecule has 0 fully saturated rings. The van der Waals surface area contributed by atoms with Crippen LogP contribution in [0, 0.1) is 0 Å². The van der Waals surface area contributed by atoms with Crippen LogP contribution in [0.3, 0.4) is 0 Å². The number of nitrogens with zero attached hydrogens (tertiary/aromatic N) is 2. The minimum Gasteiger partial charge on any atom is -0.310 e. The molecule has 7 aromatic carbocycles. The van der Waals surface area contributed by atoms with Crippen molar-refractivity contribution in [1.82, 2.24) is 4.57 Å². The van der Waals surface area contributed by atoms with Crippen LogP contribution in [-0.2, 0) is 5.41 Å². The molecule has 1 aliphatic carbocycles. The lowest BCUT2D eigenvalue weighted by molar-refractivity contribution is 0.661. The maximum atomic E-state index is 2.42. The first-order valence-corrected chi connectivity index (χ1v) is 15.7. The van der Waals surface area contributed by atoms with E-state index in [0.717, 1.165) is 22.7 Å². The first-order chi connectivity index (χ1) is 22.1. The smallest absolute Gasteiger partial charge is 0.0561 e. The summed E-state index contributed by atoms with van der Waals surface area (Å²) in [5.41, 5.74) is 12.3. The normalized spacial score (nSPS) is 13.3. The molecule has 0 spiro atoms. The van der Waals surface area contributed by atoms with Crippen molar-refractivity contribution < 1.29 is 0 Å². The standard InChI is InChI=1S/C43H32N2/c1-43(2)39-26-30-14-10-9-13-29(30)25-38(39)35-23-21-33(27-40(35)43)44(31-15-5-3-6-16-31)34-22-24-37-36-19-11-12-20-41(36)45(42(37)28-34)32-17-7-4-8-18-32/h3-28H,1-2H3. The van der Waals surface area contributed by atoms with Crippen LogP contribution in [-0.4, -0.2) is 4.57 Å². The number of hydrogen-bond acceptors (Lipinski definition) is 1. The molecular weight excluding hydrogens is 544 g/mol. The number of fused-ring (bicyclic) bond motifs is 7. The summed E-state index contributed by atoms with van der Waals surface area (Å²) in [6, 6.07) is 57.6. The van der Waals surface area contributed by atoms with Crippen LogP contribution in [0.5, 0.6) is 0 Å². The summed E-state index contributed by atoms with van der Waals surface area (Å²) in [7, 11) is 0. The quantitative estimate of drug-likeness (QED) is 0.202. The largest absolute Gasteiger partial charge is 0.310 e. The van der Waals surface area contributed by atoms with E-state index < -0.39 is 0 Å². The van der Waals surface area contributed by atoms with Gasteiger partial charge in [0, 0.05) is 38.9 Å². The highest BCUT2D eigenvalue weighted by Crippen LogP contribution is 2.52. The average Bonchev–Trinajstić information content (AvgIpc) is 3.53. The second-order valence-corrected chi connectivity index (χ2v) is 12.7. The van der Waals surface area contributed by atoms with Gasteiger partial charge in [-0.1, -0.05) is 105 Å². The Bertz CT molecular complexity index is 2400. The molecule has 0 bridgehead atoms. The average molecular weight is 577 g/mol. The van der Waals surface area contributed by atoms with Crippen LogP contribution in [0.4, 0.5) is 17.1 Å². The molecule has 9 rings (SSSR count). The number of rotatable bonds is 4. The van der Waals surface area contributed by atoms with Crippen LogP contribution in [0.2, 0.25) is 0 Å². The summed E-state index contributed by atoms with van der Waals surface area (Å²) in [5.74, 6) is 0. The summed E-state index contributed by atoms with van der Waals surface area (Å²) >= 11 is 0. The lowest BCUT2D eigenvalue weighted by Crippen LogP contribution is -2.16. The number of aromatic nitrogens is 1. The van der Waals surface area contributed by atoms with Crippen molar-refractivity contribution in [2.45, 2.75) is 19.3 Å². The van der Waals surface area contributed by atoms with Crippen molar-refractivity contribution in [3.05, 3.63) is 169 Å². The van der Waals surface area contributed by atoms with Crippen LogP contribution in [0.15, 0.2) is 158 Å². The third kappa shape index (κ3) is 3.89. The first kappa shape index (κ1) is 25.9. The minimum absolute atomic E-state index is 0.114. The Morgan fingerprint density at radius 2 is 1.04 bits per heavy atom. The van der Waals surface area contributed by atoms with Gasteiger partial charge in [-0.15, -0.1) is 0 Å². The van der Waals surface area contributed by atoms with Gasteiger partial charge in [-0.25, -0.2) is 0 Å². The van der Waals surface area contributed by atoms with Crippen molar-refractivity contribution in [2.75, 3.05) is 4.90 Å². The topological polar surface area (TPSA) is 8.17 Å². The third-order valence-corrected chi connectivity index (χ3v) is 9.73. The highest BCUT2D eigenvalue weighted by Gasteiger charge is 2.36. The van der Waals surface area contributed by atoms with Gasteiger partial charge >= 0.3 is 0 Å². The van der Waals surface area contributed by atoms with Gasteiger partial charge in [0.25, 0.3) is 0 Å². The fourth-order valence-corrected chi connectivity index (χ4v) is 7.53. The van der Waals surface area contributed by atoms with Crippen LogP contribution < -0.4 is 4.90 Å². The number of hydrogen-bond donors (Lipinski definition) is 0. The Kier molecular flexibility index (Phi) is 5.58. The molecule has 0 amide bonds. The van der Waals surface area contributed by atoms with Gasteiger partial charge < -0.3 is 9.47 Å². The summed E-state index contributed by atoms with van der Waals surface area (Å²) in [5, 5.41) is 5.10. The Labute approximate surface area is 263 Å². The monoisotopic (exact) mass is 576 g/mol. The molecule has 0 radical (unpaired) electrons. The Morgan fingerprint density at radius 3 is 1.84 bits per heavy atom. The van der Waals surface area contributed by atoms with Crippen molar-refractivity contribution >= 4 is 49.6 Å². The number of para-hydroxylation sites is 3. The lowest BCUT2D eigenvalue weighted by atomic mass is 9.81. The highest BCUT2D eigenvalue weighted by atomic mass is 15.1. The minimum atomic E-state index is -0.114. The Morgan fingerprint density at radius 1 is 0.444 bits per heavy atom. The van der Waals surface area contributed by atoms with E-state index in [4.69, 9.17) is 0 Å². The zero-order chi connectivity index (χ0) is 30.1. The van der Waals surface area contributed by atoms with Crippen molar-refractivity contribution in [3.63, 3.8) is 0 Å². The molecular formula is C43H32N2. The van der Waals surface area contributed by atoms with Crippen molar-refractivity contribution in [3.8, 4) is 16.8 Å². The van der Waals surface area contributed by atoms with E-state index in [-0.39, 0.29) is 5.41 Å². The van der Waals surface area contributed by atoms with Gasteiger partial charge in [-0.05, 0) is 99.8 Å². The van der Waals surface area contributed by atoms with Gasteiger partial charge in [0.15, 0.2) is 0 Å². The Hall–Kier alpha value is -5.60. The fraction of sp³-hybridized carbons (Fsp3) is 0.0698. The second kappa shape index (κ2) is 9.70. The van der Waals surface area contributed by atoms with Crippen LogP contribution >= 0.6 is 0 Å². The number of anilines is 3. The van der Waals surface area contributed by atoms with E-state index in [9.17, 15) is 0 Å². The maximum Gasteiger partial charge on any atom is 0.0561 e. The zero-order valence-corrected chi connectivity index (χ0v) is 25.4. The van der Waals surface area contributed by atoms with Gasteiger partial charge in [-0.3, -0.25) is 0 Å². The van der Waals surface area contributed by atoms with E-state index in [1.54, 1.807) is 0 Å². The molecule has 0 saturated heterocycles. The van der Waals surface area contributed by atoms with Crippen molar-refractivity contribution in [2.24, 2.45) is 0 Å². The first-order valence-electron chi connectivity index (χ1n) is 15.7. The van der Waals surface area contributed by atoms with E-state index in [0.29, 0.717) is 0 Å². The summed E-state index contributed by atoms with van der Waals surface area (Å²) in [6.45, 7) is 4.74.